The molecule has 0 bridgehead atoms. The molecular weight excluding hydrogens is 420 g/mol. The third-order valence-electron chi connectivity index (χ3n) is 7.17. The molecule has 3 aromatic carbocycles. The van der Waals surface area contributed by atoms with Crippen LogP contribution >= 0.6 is 0 Å². The summed E-state index contributed by atoms with van der Waals surface area (Å²) >= 11 is 0. The highest BCUT2D eigenvalue weighted by Gasteiger charge is 2.24. The SMILES string of the molecule is Cc1nc2c([nH]1)CCc1cc(-c3ccc4c5c(ccc4c3)-c3nc(C(C)C)[nH]c3CO5)ccc1-2. The monoisotopic (exact) mass is 446 g/mol. The van der Waals surface area contributed by atoms with Crippen molar-refractivity contribution >= 4 is 10.8 Å². The first-order valence-electron chi connectivity index (χ1n) is 12.0. The number of fused-ring (bicyclic) bond motifs is 8. The third-order valence-corrected chi connectivity index (χ3v) is 7.17. The second-order valence-corrected chi connectivity index (χ2v) is 9.79. The molecule has 0 saturated carbocycles. The number of hydrogen-bond donors (Lipinski definition) is 2. The Morgan fingerprint density at radius 2 is 1.62 bits per heavy atom. The molecule has 0 saturated heterocycles. The van der Waals surface area contributed by atoms with E-state index in [0.29, 0.717) is 12.5 Å². The topological polar surface area (TPSA) is 66.6 Å². The van der Waals surface area contributed by atoms with E-state index in [2.05, 4.69) is 72.3 Å². The van der Waals surface area contributed by atoms with Gasteiger partial charge in [0.05, 0.1) is 17.1 Å². The van der Waals surface area contributed by atoms with Gasteiger partial charge in [-0.15, -0.1) is 0 Å². The van der Waals surface area contributed by atoms with Crippen molar-refractivity contribution in [1.82, 2.24) is 19.9 Å². The van der Waals surface area contributed by atoms with E-state index in [1.807, 2.05) is 6.92 Å². The number of aromatic nitrogens is 4. The Kier molecular flexibility index (Phi) is 4.07. The van der Waals surface area contributed by atoms with Crippen molar-refractivity contribution in [2.45, 2.75) is 46.1 Å². The molecule has 5 heteroatoms. The van der Waals surface area contributed by atoms with E-state index < -0.39 is 0 Å². The van der Waals surface area contributed by atoms with Gasteiger partial charge in [0.15, 0.2) is 0 Å². The zero-order valence-corrected chi connectivity index (χ0v) is 19.6. The Morgan fingerprint density at radius 1 is 0.824 bits per heavy atom. The first-order chi connectivity index (χ1) is 16.5. The molecule has 0 unspecified atom stereocenters. The lowest BCUT2D eigenvalue weighted by atomic mass is 9.89. The second kappa shape index (κ2) is 7.07. The Hall–Kier alpha value is -3.86. The average molecular weight is 447 g/mol. The van der Waals surface area contributed by atoms with Crippen LogP contribution in [0, 0.1) is 6.92 Å². The minimum absolute atomic E-state index is 0.359. The smallest absolute Gasteiger partial charge is 0.137 e. The minimum Gasteiger partial charge on any atom is -0.486 e. The lowest BCUT2D eigenvalue weighted by Crippen LogP contribution is -2.05. The number of aryl methyl sites for hydroxylation is 3. The number of ether oxygens (including phenoxy) is 1. The number of rotatable bonds is 2. The van der Waals surface area contributed by atoms with Gasteiger partial charge >= 0.3 is 0 Å². The van der Waals surface area contributed by atoms with Crippen LogP contribution < -0.4 is 4.74 Å². The van der Waals surface area contributed by atoms with E-state index in [9.17, 15) is 0 Å². The summed E-state index contributed by atoms with van der Waals surface area (Å²) in [5.41, 5.74) is 10.6. The lowest BCUT2D eigenvalue weighted by molar-refractivity contribution is 0.301. The minimum atomic E-state index is 0.359. The van der Waals surface area contributed by atoms with Crippen LogP contribution in [0.25, 0.3) is 44.4 Å². The van der Waals surface area contributed by atoms with Crippen molar-refractivity contribution in [3.8, 4) is 39.4 Å². The summed E-state index contributed by atoms with van der Waals surface area (Å²) in [7, 11) is 0. The van der Waals surface area contributed by atoms with Crippen molar-refractivity contribution in [1.29, 1.82) is 0 Å². The molecule has 5 nitrogen and oxygen atoms in total. The van der Waals surface area contributed by atoms with Crippen LogP contribution in [0.15, 0.2) is 48.5 Å². The van der Waals surface area contributed by atoms with Gasteiger partial charge in [0.25, 0.3) is 0 Å². The van der Waals surface area contributed by atoms with Gasteiger partial charge in [-0.1, -0.05) is 50.2 Å². The maximum Gasteiger partial charge on any atom is 0.137 e. The van der Waals surface area contributed by atoms with Crippen molar-refractivity contribution in [3.05, 3.63) is 77.1 Å². The van der Waals surface area contributed by atoms with Crippen LogP contribution in [-0.4, -0.2) is 19.9 Å². The quantitative estimate of drug-likeness (QED) is 0.317. The van der Waals surface area contributed by atoms with Gasteiger partial charge in [0.2, 0.25) is 0 Å². The summed E-state index contributed by atoms with van der Waals surface area (Å²) in [6.07, 6.45) is 2.05. The van der Waals surface area contributed by atoms with Crippen LogP contribution in [0.2, 0.25) is 0 Å². The Morgan fingerprint density at radius 3 is 2.50 bits per heavy atom. The predicted octanol–water partition coefficient (Wildman–Crippen LogP) is 6.71. The van der Waals surface area contributed by atoms with E-state index >= 15 is 0 Å². The Labute approximate surface area is 198 Å². The number of aromatic amines is 2. The van der Waals surface area contributed by atoms with Crippen molar-refractivity contribution < 1.29 is 4.74 Å². The second-order valence-electron chi connectivity index (χ2n) is 9.79. The largest absolute Gasteiger partial charge is 0.486 e. The summed E-state index contributed by atoms with van der Waals surface area (Å²) in [6, 6.07) is 17.8. The Balaban J connectivity index is 1.29. The summed E-state index contributed by atoms with van der Waals surface area (Å²) in [4.78, 5) is 16.5. The number of benzene rings is 3. The third kappa shape index (κ3) is 2.86. The van der Waals surface area contributed by atoms with Gasteiger partial charge in [-0.3, -0.25) is 0 Å². The summed E-state index contributed by atoms with van der Waals surface area (Å²) in [5.74, 6) is 3.30. The fourth-order valence-electron chi connectivity index (χ4n) is 5.41. The van der Waals surface area contributed by atoms with Gasteiger partial charge in [0.1, 0.15) is 24.0 Å². The lowest BCUT2D eigenvalue weighted by Gasteiger charge is -2.19. The van der Waals surface area contributed by atoms with Crippen LogP contribution in [0.1, 0.15) is 48.4 Å². The molecular formula is C29H26N4O. The molecule has 0 radical (unpaired) electrons. The highest BCUT2D eigenvalue weighted by atomic mass is 16.5. The molecule has 2 aliphatic rings. The summed E-state index contributed by atoms with van der Waals surface area (Å²) < 4.78 is 6.23. The Bertz CT molecular complexity index is 1600. The van der Waals surface area contributed by atoms with Gasteiger partial charge in [-0.05, 0) is 54.0 Å². The summed E-state index contributed by atoms with van der Waals surface area (Å²) in [5, 5.41) is 2.32. The van der Waals surface area contributed by atoms with Gasteiger partial charge in [-0.2, -0.15) is 0 Å². The molecule has 3 heterocycles. The molecule has 2 N–H and O–H groups in total. The van der Waals surface area contributed by atoms with Crippen LogP contribution in [0.3, 0.4) is 0 Å². The fourth-order valence-corrected chi connectivity index (χ4v) is 5.41. The van der Waals surface area contributed by atoms with Crippen molar-refractivity contribution in [2.24, 2.45) is 0 Å². The summed E-state index contributed by atoms with van der Waals surface area (Å²) in [6.45, 7) is 6.87. The van der Waals surface area contributed by atoms with E-state index in [0.717, 1.165) is 58.3 Å². The number of nitrogens with zero attached hydrogens (tertiary/aromatic N) is 2. The predicted molar refractivity (Wildman–Crippen MR) is 135 cm³/mol. The van der Waals surface area contributed by atoms with Crippen molar-refractivity contribution in [2.75, 3.05) is 0 Å². The maximum absolute atomic E-state index is 6.23. The number of hydrogen-bond acceptors (Lipinski definition) is 3. The number of nitrogens with one attached hydrogen (secondary N) is 2. The maximum atomic E-state index is 6.23. The first-order valence-corrected chi connectivity index (χ1v) is 12.0. The van der Waals surface area contributed by atoms with Crippen LogP contribution in [0.4, 0.5) is 0 Å². The van der Waals surface area contributed by atoms with E-state index in [1.165, 1.54) is 33.3 Å². The fraction of sp³-hybridized carbons (Fsp3) is 0.241. The highest BCUT2D eigenvalue weighted by molar-refractivity contribution is 5.97. The zero-order chi connectivity index (χ0) is 23.0. The molecule has 0 atom stereocenters. The molecule has 5 aromatic rings. The van der Waals surface area contributed by atoms with E-state index in [4.69, 9.17) is 14.7 Å². The molecule has 7 rings (SSSR count). The van der Waals surface area contributed by atoms with Crippen LogP contribution in [-0.2, 0) is 19.4 Å². The molecule has 2 aromatic heterocycles. The molecule has 1 aliphatic heterocycles. The molecule has 0 spiro atoms. The molecule has 1 aliphatic carbocycles. The average Bonchev–Trinajstić information content (AvgIpc) is 3.46. The van der Waals surface area contributed by atoms with Gasteiger partial charge < -0.3 is 14.7 Å². The highest BCUT2D eigenvalue weighted by Crippen LogP contribution is 2.43. The molecule has 168 valence electrons. The first kappa shape index (κ1) is 19.6. The molecule has 0 amide bonds. The van der Waals surface area contributed by atoms with E-state index in [1.54, 1.807) is 0 Å². The van der Waals surface area contributed by atoms with Crippen molar-refractivity contribution in [3.63, 3.8) is 0 Å². The van der Waals surface area contributed by atoms with Gasteiger partial charge in [-0.25, -0.2) is 9.97 Å². The zero-order valence-electron chi connectivity index (χ0n) is 19.6. The van der Waals surface area contributed by atoms with E-state index in [-0.39, 0.29) is 0 Å². The van der Waals surface area contributed by atoms with Gasteiger partial charge in [0, 0.05) is 28.1 Å². The number of imidazole rings is 2. The standard InChI is InChI=1S/C29H26N4O/c1-15(2)29-32-25-14-34-28-22-9-5-18(13-20(22)6-10-23(28)27(25)33-29)17-4-8-21-19(12-17)7-11-24-26(21)31-16(3)30-24/h4-6,8-10,12-13,15H,7,11,14H2,1-3H3,(H,30,31)(H,32,33). The molecule has 0 fully saturated rings. The molecule has 34 heavy (non-hydrogen) atoms. The normalized spacial score (nSPS) is 13.9. The van der Waals surface area contributed by atoms with Crippen LogP contribution in [0.5, 0.6) is 5.75 Å². The number of H-pyrrole nitrogens is 2.